The number of nitrogens with zero attached hydrogens (tertiary/aromatic N) is 2. The van der Waals surface area contributed by atoms with E-state index in [-0.39, 0.29) is 5.56 Å². The molecule has 0 saturated carbocycles. The number of anilines is 2. The molecule has 1 aliphatic heterocycles. The Kier molecular flexibility index (Phi) is 4.97. The van der Waals surface area contributed by atoms with Crippen LogP contribution in [0, 0.1) is 6.92 Å². The van der Waals surface area contributed by atoms with Gasteiger partial charge in [-0.25, -0.2) is 4.98 Å². The SMILES string of the molecule is Cc1ccc(Nc2nc3c(c(=O)[nH]2)CN(Cc2ccccc2)CC3)cc1Cl. The highest BCUT2D eigenvalue weighted by molar-refractivity contribution is 6.31. The molecule has 4 rings (SSSR count). The van der Waals surface area contributed by atoms with Gasteiger partial charge in [-0.3, -0.25) is 14.7 Å². The van der Waals surface area contributed by atoms with Crippen molar-refractivity contribution >= 4 is 23.2 Å². The van der Waals surface area contributed by atoms with E-state index in [2.05, 4.69) is 32.3 Å². The molecule has 0 atom stereocenters. The number of aryl methyl sites for hydroxylation is 1. The Morgan fingerprint density at radius 2 is 2.04 bits per heavy atom. The quantitative estimate of drug-likeness (QED) is 0.717. The van der Waals surface area contributed by atoms with Crippen molar-refractivity contribution in [2.24, 2.45) is 0 Å². The van der Waals surface area contributed by atoms with Gasteiger partial charge in [0, 0.05) is 36.8 Å². The Labute approximate surface area is 163 Å². The minimum Gasteiger partial charge on any atom is -0.326 e. The average molecular weight is 381 g/mol. The van der Waals surface area contributed by atoms with E-state index in [1.165, 1.54) is 5.56 Å². The first kappa shape index (κ1) is 17.8. The molecule has 5 nitrogen and oxygen atoms in total. The Morgan fingerprint density at radius 3 is 2.81 bits per heavy atom. The van der Waals surface area contributed by atoms with Crippen LogP contribution < -0.4 is 10.9 Å². The number of hydrogen-bond acceptors (Lipinski definition) is 4. The van der Waals surface area contributed by atoms with E-state index in [1.807, 2.05) is 43.3 Å². The third-order valence-corrected chi connectivity index (χ3v) is 5.24. The largest absolute Gasteiger partial charge is 0.326 e. The number of aromatic nitrogens is 2. The summed E-state index contributed by atoms with van der Waals surface area (Å²) in [5.41, 5.74) is 4.59. The second-order valence-electron chi connectivity index (χ2n) is 6.87. The van der Waals surface area contributed by atoms with Crippen LogP contribution in [0.5, 0.6) is 0 Å². The third kappa shape index (κ3) is 4.04. The second-order valence-corrected chi connectivity index (χ2v) is 7.28. The molecule has 2 N–H and O–H groups in total. The van der Waals surface area contributed by atoms with Crippen LogP contribution in [0.25, 0.3) is 0 Å². The summed E-state index contributed by atoms with van der Waals surface area (Å²) in [6.07, 6.45) is 0.759. The van der Waals surface area contributed by atoms with Gasteiger partial charge in [-0.15, -0.1) is 0 Å². The van der Waals surface area contributed by atoms with Gasteiger partial charge in [0.15, 0.2) is 0 Å². The number of hydrogen-bond donors (Lipinski definition) is 2. The maximum absolute atomic E-state index is 12.6. The number of benzene rings is 2. The van der Waals surface area contributed by atoms with Crippen LogP contribution >= 0.6 is 11.6 Å². The molecule has 2 heterocycles. The second kappa shape index (κ2) is 7.55. The van der Waals surface area contributed by atoms with E-state index in [9.17, 15) is 4.79 Å². The first-order valence-electron chi connectivity index (χ1n) is 9.00. The molecule has 27 heavy (non-hydrogen) atoms. The Balaban J connectivity index is 1.52. The van der Waals surface area contributed by atoms with Crippen LogP contribution in [-0.2, 0) is 19.5 Å². The number of halogens is 1. The number of rotatable bonds is 4. The summed E-state index contributed by atoms with van der Waals surface area (Å²) in [4.78, 5) is 22.4. The van der Waals surface area contributed by atoms with Crippen LogP contribution in [0.15, 0.2) is 53.3 Å². The minimum absolute atomic E-state index is 0.0847. The number of aromatic amines is 1. The molecule has 2 aromatic carbocycles. The van der Waals surface area contributed by atoms with Gasteiger partial charge in [-0.2, -0.15) is 0 Å². The van der Waals surface area contributed by atoms with Crippen molar-refractivity contribution in [1.82, 2.24) is 14.9 Å². The maximum atomic E-state index is 12.6. The molecule has 3 aromatic rings. The summed E-state index contributed by atoms with van der Waals surface area (Å²) in [5.74, 6) is 0.454. The van der Waals surface area contributed by atoms with Gasteiger partial charge in [-0.05, 0) is 30.2 Å². The van der Waals surface area contributed by atoms with Crippen LogP contribution in [0.4, 0.5) is 11.6 Å². The monoisotopic (exact) mass is 380 g/mol. The van der Waals surface area contributed by atoms with Crippen molar-refractivity contribution in [2.45, 2.75) is 26.4 Å². The predicted molar refractivity (Wildman–Crippen MR) is 109 cm³/mol. The summed E-state index contributed by atoms with van der Waals surface area (Å²) >= 11 is 6.17. The number of H-pyrrole nitrogens is 1. The molecule has 0 spiro atoms. The van der Waals surface area contributed by atoms with Crippen LogP contribution in [0.1, 0.15) is 22.4 Å². The van der Waals surface area contributed by atoms with E-state index in [1.54, 1.807) is 0 Å². The Hall–Kier alpha value is -2.63. The van der Waals surface area contributed by atoms with Crippen molar-refractivity contribution in [3.63, 3.8) is 0 Å². The van der Waals surface area contributed by atoms with Crippen LogP contribution in [-0.4, -0.2) is 21.4 Å². The first-order valence-corrected chi connectivity index (χ1v) is 9.38. The third-order valence-electron chi connectivity index (χ3n) is 4.83. The predicted octanol–water partition coefficient (Wildman–Crippen LogP) is 4.03. The van der Waals surface area contributed by atoms with Gasteiger partial charge in [-0.1, -0.05) is 48.0 Å². The summed E-state index contributed by atoms with van der Waals surface area (Å²) in [6, 6.07) is 16.0. The van der Waals surface area contributed by atoms with Gasteiger partial charge in [0.1, 0.15) is 0 Å². The van der Waals surface area contributed by atoms with Crippen molar-refractivity contribution in [3.05, 3.63) is 86.3 Å². The zero-order chi connectivity index (χ0) is 18.8. The number of nitrogens with one attached hydrogen (secondary N) is 2. The minimum atomic E-state index is -0.0847. The number of fused-ring (bicyclic) bond motifs is 1. The fraction of sp³-hybridized carbons (Fsp3) is 0.238. The molecule has 1 aliphatic rings. The molecule has 138 valence electrons. The first-order chi connectivity index (χ1) is 13.1. The summed E-state index contributed by atoms with van der Waals surface area (Å²) in [7, 11) is 0. The molecule has 6 heteroatoms. The normalized spacial score (nSPS) is 14.0. The lowest BCUT2D eigenvalue weighted by molar-refractivity contribution is 0.242. The van der Waals surface area contributed by atoms with Crippen molar-refractivity contribution in [3.8, 4) is 0 Å². The molecule has 1 aromatic heterocycles. The van der Waals surface area contributed by atoms with E-state index < -0.39 is 0 Å². The molecule has 0 saturated heterocycles. The molecular weight excluding hydrogens is 360 g/mol. The molecule has 0 fully saturated rings. The van der Waals surface area contributed by atoms with E-state index in [0.29, 0.717) is 17.5 Å². The van der Waals surface area contributed by atoms with Gasteiger partial charge >= 0.3 is 0 Å². The molecule has 0 bridgehead atoms. The highest BCUT2D eigenvalue weighted by Crippen LogP contribution is 2.23. The summed E-state index contributed by atoms with van der Waals surface area (Å²) < 4.78 is 0. The molecule has 0 aliphatic carbocycles. The van der Waals surface area contributed by atoms with E-state index >= 15 is 0 Å². The van der Waals surface area contributed by atoms with E-state index in [4.69, 9.17) is 11.6 Å². The van der Waals surface area contributed by atoms with Gasteiger partial charge in [0.05, 0.1) is 11.3 Å². The molecular formula is C21H21ClN4O. The fourth-order valence-electron chi connectivity index (χ4n) is 3.32. The zero-order valence-electron chi connectivity index (χ0n) is 15.1. The standard InChI is InChI=1S/C21H21ClN4O/c1-14-7-8-16(11-18(14)22)23-21-24-19-9-10-26(13-17(19)20(27)25-21)12-15-5-3-2-4-6-15/h2-8,11H,9-10,12-13H2,1H3,(H2,23,24,25,27). The highest BCUT2D eigenvalue weighted by atomic mass is 35.5. The summed E-state index contributed by atoms with van der Waals surface area (Å²) in [5, 5.41) is 3.83. The van der Waals surface area contributed by atoms with Crippen molar-refractivity contribution in [1.29, 1.82) is 0 Å². The Bertz CT molecular complexity index is 1020. The highest BCUT2D eigenvalue weighted by Gasteiger charge is 2.21. The lowest BCUT2D eigenvalue weighted by Gasteiger charge is -2.27. The van der Waals surface area contributed by atoms with Gasteiger partial charge in [0.2, 0.25) is 5.95 Å². The maximum Gasteiger partial charge on any atom is 0.257 e. The molecule has 0 amide bonds. The lowest BCUT2D eigenvalue weighted by Crippen LogP contribution is -2.35. The van der Waals surface area contributed by atoms with Gasteiger partial charge < -0.3 is 5.32 Å². The zero-order valence-corrected chi connectivity index (χ0v) is 15.9. The van der Waals surface area contributed by atoms with Crippen LogP contribution in [0.3, 0.4) is 0 Å². The smallest absolute Gasteiger partial charge is 0.257 e. The van der Waals surface area contributed by atoms with Crippen molar-refractivity contribution < 1.29 is 0 Å². The van der Waals surface area contributed by atoms with E-state index in [0.717, 1.165) is 42.0 Å². The summed E-state index contributed by atoms with van der Waals surface area (Å²) in [6.45, 7) is 4.28. The Morgan fingerprint density at radius 1 is 1.22 bits per heavy atom. The fourth-order valence-corrected chi connectivity index (χ4v) is 3.50. The molecule has 0 radical (unpaired) electrons. The van der Waals surface area contributed by atoms with Crippen molar-refractivity contribution in [2.75, 3.05) is 11.9 Å². The molecule has 0 unspecified atom stereocenters. The van der Waals surface area contributed by atoms with Gasteiger partial charge in [0.25, 0.3) is 5.56 Å². The average Bonchev–Trinajstić information content (AvgIpc) is 2.66. The topological polar surface area (TPSA) is 61.0 Å². The van der Waals surface area contributed by atoms with Crippen LogP contribution in [0.2, 0.25) is 5.02 Å². The lowest BCUT2D eigenvalue weighted by atomic mass is 10.1.